The average molecular weight is 208 g/mol. The minimum atomic E-state index is -0.714. The van der Waals surface area contributed by atoms with Crippen molar-refractivity contribution in [2.45, 2.75) is 29.9 Å². The first-order chi connectivity index (χ1) is 6.59. The number of carboxylic acid groups (broad SMARTS) is 1. The minimum absolute atomic E-state index is 0.143. The number of hydrogen-bond donors (Lipinski definition) is 1. The standard InChI is InChI=1S/C11H12O2S/c1-6-3-4-9-8(5-6)10(11(12)13)7(2)14-9/h3-5,7,10H,1-2H3,(H,12,13). The normalized spacial score (nSPS) is 24.7. The molecular weight excluding hydrogens is 196 g/mol. The van der Waals surface area contributed by atoms with Crippen molar-refractivity contribution in [3.63, 3.8) is 0 Å². The van der Waals surface area contributed by atoms with Crippen LogP contribution in [0, 0.1) is 6.92 Å². The molecule has 0 fully saturated rings. The highest BCUT2D eigenvalue weighted by molar-refractivity contribution is 8.00. The Kier molecular flexibility index (Phi) is 2.27. The van der Waals surface area contributed by atoms with E-state index in [0.717, 1.165) is 16.0 Å². The van der Waals surface area contributed by atoms with Gasteiger partial charge in [0.25, 0.3) is 0 Å². The molecule has 2 atom stereocenters. The lowest BCUT2D eigenvalue weighted by Crippen LogP contribution is -2.16. The van der Waals surface area contributed by atoms with Crippen LogP contribution in [0.5, 0.6) is 0 Å². The van der Waals surface area contributed by atoms with Crippen LogP contribution < -0.4 is 0 Å². The maximum absolute atomic E-state index is 11.1. The number of fused-ring (bicyclic) bond motifs is 1. The van der Waals surface area contributed by atoms with Crippen LogP contribution in [0.3, 0.4) is 0 Å². The Morgan fingerprint density at radius 2 is 2.21 bits per heavy atom. The van der Waals surface area contributed by atoms with E-state index in [2.05, 4.69) is 0 Å². The second-order valence-electron chi connectivity index (χ2n) is 3.68. The third kappa shape index (κ3) is 1.42. The van der Waals surface area contributed by atoms with Gasteiger partial charge in [-0.3, -0.25) is 4.79 Å². The van der Waals surface area contributed by atoms with Crippen LogP contribution in [-0.4, -0.2) is 16.3 Å². The molecule has 1 N–H and O–H groups in total. The SMILES string of the molecule is Cc1ccc2c(c1)C(C(=O)O)C(C)S2. The summed E-state index contributed by atoms with van der Waals surface area (Å²) in [7, 11) is 0. The van der Waals surface area contributed by atoms with Gasteiger partial charge in [0.2, 0.25) is 0 Å². The largest absolute Gasteiger partial charge is 0.481 e. The summed E-state index contributed by atoms with van der Waals surface area (Å²) in [5.41, 5.74) is 2.11. The molecule has 0 saturated carbocycles. The monoisotopic (exact) mass is 208 g/mol. The predicted octanol–water partition coefficient (Wildman–Crippen LogP) is 2.66. The molecule has 2 nitrogen and oxygen atoms in total. The topological polar surface area (TPSA) is 37.3 Å². The molecule has 1 aliphatic heterocycles. The van der Waals surface area contributed by atoms with E-state index >= 15 is 0 Å². The van der Waals surface area contributed by atoms with E-state index < -0.39 is 5.97 Å². The molecule has 0 amide bonds. The molecule has 0 bridgehead atoms. The number of rotatable bonds is 1. The quantitative estimate of drug-likeness (QED) is 0.771. The lowest BCUT2D eigenvalue weighted by molar-refractivity contribution is -0.138. The van der Waals surface area contributed by atoms with E-state index in [9.17, 15) is 4.79 Å². The Morgan fingerprint density at radius 1 is 1.50 bits per heavy atom. The first-order valence-electron chi connectivity index (χ1n) is 4.59. The van der Waals surface area contributed by atoms with Crippen molar-refractivity contribution in [1.82, 2.24) is 0 Å². The molecule has 0 spiro atoms. The lowest BCUT2D eigenvalue weighted by atomic mass is 9.95. The summed E-state index contributed by atoms with van der Waals surface area (Å²) in [5.74, 6) is -1.05. The van der Waals surface area contributed by atoms with Crippen molar-refractivity contribution in [3.05, 3.63) is 29.3 Å². The molecule has 1 aliphatic rings. The van der Waals surface area contributed by atoms with E-state index in [1.807, 2.05) is 32.0 Å². The van der Waals surface area contributed by atoms with Crippen LogP contribution in [0.1, 0.15) is 24.0 Å². The van der Waals surface area contributed by atoms with Crippen molar-refractivity contribution in [2.75, 3.05) is 0 Å². The number of aliphatic carboxylic acids is 1. The second kappa shape index (κ2) is 3.31. The molecule has 0 saturated heterocycles. The summed E-state index contributed by atoms with van der Waals surface area (Å²) in [4.78, 5) is 12.2. The Morgan fingerprint density at radius 3 is 2.86 bits per heavy atom. The highest BCUT2D eigenvalue weighted by Crippen LogP contribution is 2.45. The molecule has 1 aromatic carbocycles. The van der Waals surface area contributed by atoms with E-state index in [-0.39, 0.29) is 11.2 Å². The summed E-state index contributed by atoms with van der Waals surface area (Å²) in [5, 5.41) is 9.25. The molecule has 1 aromatic rings. The molecule has 3 heteroatoms. The summed E-state index contributed by atoms with van der Waals surface area (Å²) in [6.45, 7) is 3.96. The minimum Gasteiger partial charge on any atom is -0.481 e. The van der Waals surface area contributed by atoms with Crippen LogP contribution in [-0.2, 0) is 4.79 Å². The van der Waals surface area contributed by atoms with E-state index in [1.165, 1.54) is 0 Å². The smallest absolute Gasteiger partial charge is 0.312 e. The molecule has 0 aromatic heterocycles. The highest BCUT2D eigenvalue weighted by Gasteiger charge is 2.35. The number of hydrogen-bond acceptors (Lipinski definition) is 2. The van der Waals surface area contributed by atoms with Gasteiger partial charge < -0.3 is 5.11 Å². The van der Waals surface area contributed by atoms with Gasteiger partial charge in [-0.15, -0.1) is 11.8 Å². The summed E-state index contributed by atoms with van der Waals surface area (Å²) < 4.78 is 0. The fourth-order valence-electron chi connectivity index (χ4n) is 1.87. The molecular formula is C11H12O2S. The van der Waals surface area contributed by atoms with Crippen molar-refractivity contribution in [1.29, 1.82) is 0 Å². The van der Waals surface area contributed by atoms with Gasteiger partial charge in [-0.25, -0.2) is 0 Å². The van der Waals surface area contributed by atoms with Gasteiger partial charge in [0, 0.05) is 10.1 Å². The van der Waals surface area contributed by atoms with Crippen LogP contribution in [0.25, 0.3) is 0 Å². The van der Waals surface area contributed by atoms with Gasteiger partial charge in [-0.1, -0.05) is 24.6 Å². The van der Waals surface area contributed by atoms with Gasteiger partial charge in [-0.2, -0.15) is 0 Å². The van der Waals surface area contributed by atoms with Crippen molar-refractivity contribution < 1.29 is 9.90 Å². The van der Waals surface area contributed by atoms with Gasteiger partial charge >= 0.3 is 5.97 Å². The summed E-state index contributed by atoms with van der Waals surface area (Å²) in [6.07, 6.45) is 0. The number of carbonyl (C=O) groups is 1. The first-order valence-corrected chi connectivity index (χ1v) is 5.47. The van der Waals surface area contributed by atoms with Crippen LogP contribution in [0.15, 0.2) is 23.1 Å². The van der Waals surface area contributed by atoms with Crippen LogP contribution >= 0.6 is 11.8 Å². The Balaban J connectivity index is 2.49. The van der Waals surface area contributed by atoms with Crippen LogP contribution in [0.2, 0.25) is 0 Å². The Bertz CT molecular complexity index is 387. The van der Waals surface area contributed by atoms with Crippen molar-refractivity contribution in [2.24, 2.45) is 0 Å². The highest BCUT2D eigenvalue weighted by atomic mass is 32.2. The number of thioether (sulfide) groups is 1. The molecule has 2 rings (SSSR count). The maximum Gasteiger partial charge on any atom is 0.312 e. The maximum atomic E-state index is 11.1. The number of carboxylic acids is 1. The van der Waals surface area contributed by atoms with E-state index in [4.69, 9.17) is 5.11 Å². The molecule has 0 aliphatic carbocycles. The Labute approximate surface area is 87.3 Å². The van der Waals surface area contributed by atoms with Gasteiger partial charge in [0.05, 0.1) is 5.92 Å². The fourth-order valence-corrected chi connectivity index (χ4v) is 3.14. The van der Waals surface area contributed by atoms with Crippen LogP contribution in [0.4, 0.5) is 0 Å². The molecule has 0 radical (unpaired) electrons. The molecule has 14 heavy (non-hydrogen) atoms. The van der Waals surface area contributed by atoms with Gasteiger partial charge in [-0.05, 0) is 18.6 Å². The zero-order valence-corrected chi connectivity index (χ0v) is 8.97. The second-order valence-corrected chi connectivity index (χ2v) is 5.10. The zero-order valence-electron chi connectivity index (χ0n) is 8.15. The number of benzene rings is 1. The summed E-state index contributed by atoms with van der Waals surface area (Å²) in [6, 6.07) is 6.04. The van der Waals surface area contributed by atoms with Gasteiger partial charge in [0.15, 0.2) is 0 Å². The lowest BCUT2D eigenvalue weighted by Gasteiger charge is -2.09. The van der Waals surface area contributed by atoms with Crippen molar-refractivity contribution >= 4 is 17.7 Å². The molecule has 1 heterocycles. The third-order valence-electron chi connectivity index (χ3n) is 2.55. The Hall–Kier alpha value is -0.960. The first kappa shape index (κ1) is 9.59. The predicted molar refractivity (Wildman–Crippen MR) is 56.9 cm³/mol. The molecule has 2 unspecified atom stereocenters. The van der Waals surface area contributed by atoms with Gasteiger partial charge in [0.1, 0.15) is 0 Å². The molecule has 74 valence electrons. The zero-order chi connectivity index (χ0) is 10.3. The summed E-state index contributed by atoms with van der Waals surface area (Å²) >= 11 is 1.66. The van der Waals surface area contributed by atoms with Crippen molar-refractivity contribution in [3.8, 4) is 0 Å². The number of aryl methyl sites for hydroxylation is 1. The fraction of sp³-hybridized carbons (Fsp3) is 0.364. The average Bonchev–Trinajstić information content (AvgIpc) is 2.40. The third-order valence-corrected chi connectivity index (χ3v) is 3.82. The van der Waals surface area contributed by atoms with E-state index in [1.54, 1.807) is 11.8 Å². The van der Waals surface area contributed by atoms with E-state index in [0.29, 0.717) is 0 Å².